The molecule has 1 N–H and O–H groups in total. The van der Waals surface area contributed by atoms with Crippen LogP contribution >= 0.6 is 0 Å². The third-order valence-electron chi connectivity index (χ3n) is 3.74. The van der Waals surface area contributed by atoms with Crippen LogP contribution in [0.3, 0.4) is 0 Å². The first-order valence-electron chi connectivity index (χ1n) is 8.10. The van der Waals surface area contributed by atoms with Crippen LogP contribution in [0.5, 0.6) is 0 Å². The molecule has 1 atom stereocenters. The largest absolute Gasteiger partial charge is 0.449 e. The molecule has 0 bridgehead atoms. The van der Waals surface area contributed by atoms with E-state index in [9.17, 15) is 22.8 Å². The number of anilines is 1. The van der Waals surface area contributed by atoms with Crippen molar-refractivity contribution in [3.8, 4) is 0 Å². The van der Waals surface area contributed by atoms with E-state index in [1.807, 2.05) is 31.2 Å². The first kappa shape index (κ1) is 20.2. The van der Waals surface area contributed by atoms with Gasteiger partial charge in [0, 0.05) is 6.08 Å². The quantitative estimate of drug-likeness (QED) is 0.612. The predicted molar refractivity (Wildman–Crippen MR) is 95.8 cm³/mol. The molecule has 2 aromatic carbocycles. The number of carbonyl (C=O) groups excluding carboxylic acids is 2. The van der Waals surface area contributed by atoms with Crippen LogP contribution in [0, 0.1) is 6.92 Å². The van der Waals surface area contributed by atoms with Gasteiger partial charge in [0.25, 0.3) is 5.91 Å². The van der Waals surface area contributed by atoms with Gasteiger partial charge in [0.1, 0.15) is 0 Å². The number of carbonyl (C=O) groups is 2. The highest BCUT2D eigenvalue weighted by Gasteiger charge is 2.34. The van der Waals surface area contributed by atoms with Gasteiger partial charge in [-0.25, -0.2) is 4.79 Å². The molecule has 0 spiro atoms. The summed E-state index contributed by atoms with van der Waals surface area (Å²) in [5, 5.41) is 2.14. The molecule has 27 heavy (non-hydrogen) atoms. The van der Waals surface area contributed by atoms with Crippen molar-refractivity contribution >= 4 is 23.6 Å². The number of alkyl halides is 3. The van der Waals surface area contributed by atoms with Gasteiger partial charge >= 0.3 is 12.1 Å². The Morgan fingerprint density at radius 2 is 1.70 bits per heavy atom. The monoisotopic (exact) mass is 377 g/mol. The maximum absolute atomic E-state index is 13.0. The molecule has 142 valence electrons. The van der Waals surface area contributed by atoms with Crippen LogP contribution in [-0.4, -0.2) is 18.0 Å². The highest BCUT2D eigenvalue weighted by Crippen LogP contribution is 2.34. The molecule has 7 heteroatoms. The third-order valence-corrected chi connectivity index (χ3v) is 3.74. The Labute approximate surface area is 154 Å². The second-order valence-electron chi connectivity index (χ2n) is 5.80. The number of amides is 1. The lowest BCUT2D eigenvalue weighted by atomic mass is 10.1. The van der Waals surface area contributed by atoms with Crippen LogP contribution in [0.25, 0.3) is 6.08 Å². The highest BCUT2D eigenvalue weighted by molar-refractivity contribution is 5.97. The molecule has 0 aliphatic rings. The minimum atomic E-state index is -4.61. The summed E-state index contributed by atoms with van der Waals surface area (Å²) in [6.45, 7) is 3.16. The molecule has 2 rings (SSSR count). The van der Waals surface area contributed by atoms with Crippen molar-refractivity contribution in [3.63, 3.8) is 0 Å². The highest BCUT2D eigenvalue weighted by atomic mass is 19.4. The van der Waals surface area contributed by atoms with E-state index in [-0.39, 0.29) is 0 Å². The van der Waals surface area contributed by atoms with Crippen LogP contribution in [-0.2, 0) is 20.5 Å². The number of halogens is 3. The van der Waals surface area contributed by atoms with Gasteiger partial charge in [-0.05, 0) is 43.2 Å². The van der Waals surface area contributed by atoms with E-state index in [2.05, 4.69) is 5.32 Å². The van der Waals surface area contributed by atoms with E-state index < -0.39 is 35.4 Å². The molecule has 1 amide bonds. The number of benzene rings is 2. The average molecular weight is 377 g/mol. The van der Waals surface area contributed by atoms with Gasteiger partial charge in [0.2, 0.25) is 0 Å². The number of esters is 1. The van der Waals surface area contributed by atoms with Gasteiger partial charge in [-0.15, -0.1) is 0 Å². The molecule has 4 nitrogen and oxygen atoms in total. The Morgan fingerprint density at radius 1 is 1.07 bits per heavy atom. The fraction of sp³-hybridized carbons (Fsp3) is 0.200. The molecule has 0 aromatic heterocycles. The minimum absolute atomic E-state index is 0.395. The number of para-hydroxylation sites is 1. The zero-order chi connectivity index (χ0) is 20.0. The lowest BCUT2D eigenvalue weighted by Crippen LogP contribution is -2.30. The smallest absolute Gasteiger partial charge is 0.418 e. The minimum Gasteiger partial charge on any atom is -0.449 e. The molecule has 0 heterocycles. The first-order chi connectivity index (χ1) is 12.7. The number of hydrogen-bond acceptors (Lipinski definition) is 3. The van der Waals surface area contributed by atoms with Gasteiger partial charge in [0.15, 0.2) is 6.10 Å². The number of hydrogen-bond donors (Lipinski definition) is 1. The van der Waals surface area contributed by atoms with E-state index >= 15 is 0 Å². The van der Waals surface area contributed by atoms with E-state index in [4.69, 9.17) is 4.74 Å². The molecule has 0 aliphatic heterocycles. The molecular formula is C20H18F3NO3. The van der Waals surface area contributed by atoms with Crippen LogP contribution < -0.4 is 5.32 Å². The summed E-state index contributed by atoms with van der Waals surface area (Å²) in [4.78, 5) is 23.9. The van der Waals surface area contributed by atoms with Crippen LogP contribution in [0.4, 0.5) is 18.9 Å². The summed E-state index contributed by atoms with van der Waals surface area (Å²) in [6.07, 6.45) is -3.17. The van der Waals surface area contributed by atoms with Crippen LogP contribution in [0.15, 0.2) is 54.6 Å². The second-order valence-corrected chi connectivity index (χ2v) is 5.80. The Kier molecular flexibility index (Phi) is 6.39. The number of nitrogens with one attached hydrogen (secondary N) is 1. The van der Waals surface area contributed by atoms with Gasteiger partial charge in [-0.1, -0.05) is 36.4 Å². The maximum Gasteiger partial charge on any atom is 0.418 e. The maximum atomic E-state index is 13.0. The fourth-order valence-electron chi connectivity index (χ4n) is 2.27. The van der Waals surface area contributed by atoms with Crippen molar-refractivity contribution in [1.82, 2.24) is 0 Å². The molecule has 0 saturated heterocycles. The lowest BCUT2D eigenvalue weighted by molar-refractivity contribution is -0.148. The van der Waals surface area contributed by atoms with Gasteiger partial charge in [-0.2, -0.15) is 13.2 Å². The van der Waals surface area contributed by atoms with Crippen molar-refractivity contribution in [2.45, 2.75) is 26.1 Å². The molecule has 0 fully saturated rings. The fourth-order valence-corrected chi connectivity index (χ4v) is 2.27. The first-order valence-corrected chi connectivity index (χ1v) is 8.10. The van der Waals surface area contributed by atoms with Crippen molar-refractivity contribution < 1.29 is 27.5 Å². The number of rotatable bonds is 5. The van der Waals surface area contributed by atoms with Gasteiger partial charge in [0.05, 0.1) is 11.3 Å². The normalized spacial score (nSPS) is 12.6. The lowest BCUT2D eigenvalue weighted by Gasteiger charge is -2.16. The molecule has 0 radical (unpaired) electrons. The second kappa shape index (κ2) is 8.53. The van der Waals surface area contributed by atoms with Gasteiger partial charge < -0.3 is 10.1 Å². The van der Waals surface area contributed by atoms with E-state index in [0.29, 0.717) is 0 Å². The molecule has 2 aromatic rings. The van der Waals surface area contributed by atoms with Crippen LogP contribution in [0.1, 0.15) is 23.6 Å². The summed E-state index contributed by atoms with van der Waals surface area (Å²) in [7, 11) is 0. The molecule has 0 unspecified atom stereocenters. The molecular weight excluding hydrogens is 359 g/mol. The Morgan fingerprint density at radius 3 is 2.37 bits per heavy atom. The third kappa shape index (κ3) is 5.70. The topological polar surface area (TPSA) is 55.4 Å². The molecule has 0 saturated carbocycles. The summed E-state index contributed by atoms with van der Waals surface area (Å²) < 4.78 is 43.8. The van der Waals surface area contributed by atoms with Crippen LogP contribution in [0.2, 0.25) is 0 Å². The van der Waals surface area contributed by atoms with Crippen molar-refractivity contribution in [1.29, 1.82) is 0 Å². The van der Waals surface area contributed by atoms with E-state index in [1.54, 1.807) is 6.08 Å². The zero-order valence-electron chi connectivity index (χ0n) is 14.7. The number of ether oxygens (including phenoxy) is 1. The van der Waals surface area contributed by atoms with Gasteiger partial charge in [-0.3, -0.25) is 4.79 Å². The van der Waals surface area contributed by atoms with E-state index in [0.717, 1.165) is 29.3 Å². The van der Waals surface area contributed by atoms with Crippen molar-refractivity contribution in [2.75, 3.05) is 5.32 Å². The standard InChI is InChI=1S/C20H18F3NO3/c1-13-7-3-4-8-15(13)11-12-18(25)27-14(2)19(26)24-17-10-6-5-9-16(17)20(21,22)23/h3-12,14H,1-2H3,(H,24,26)/b12-11+/t14-/m1/s1. The number of aryl methyl sites for hydroxylation is 1. The predicted octanol–water partition coefficient (Wildman–Crippen LogP) is 4.60. The summed E-state index contributed by atoms with van der Waals surface area (Å²) >= 11 is 0. The Bertz CT molecular complexity index is 860. The summed E-state index contributed by atoms with van der Waals surface area (Å²) in [5.74, 6) is -1.63. The Hall–Kier alpha value is -3.09. The van der Waals surface area contributed by atoms with Crippen molar-refractivity contribution in [2.24, 2.45) is 0 Å². The average Bonchev–Trinajstić information content (AvgIpc) is 2.60. The zero-order valence-corrected chi connectivity index (χ0v) is 14.7. The summed E-state index contributed by atoms with van der Waals surface area (Å²) in [5.41, 5.74) is 0.395. The molecule has 0 aliphatic carbocycles. The summed E-state index contributed by atoms with van der Waals surface area (Å²) in [6, 6.07) is 11.9. The van der Waals surface area contributed by atoms with Crippen molar-refractivity contribution in [3.05, 3.63) is 71.3 Å². The SMILES string of the molecule is Cc1ccccc1/C=C/C(=O)O[C@H](C)C(=O)Nc1ccccc1C(F)(F)F. The Balaban J connectivity index is 2.00. The van der Waals surface area contributed by atoms with E-state index in [1.165, 1.54) is 19.1 Å².